The van der Waals surface area contributed by atoms with Crippen LogP contribution in [-0.2, 0) is 17.6 Å². The summed E-state index contributed by atoms with van der Waals surface area (Å²) in [5, 5.41) is 0.752. The number of carbonyl (C=O) groups is 2. The lowest BCUT2D eigenvalue weighted by Crippen LogP contribution is -2.43. The van der Waals surface area contributed by atoms with E-state index < -0.39 is 11.5 Å². The number of thiophene rings is 1. The van der Waals surface area contributed by atoms with Gasteiger partial charge in [0.1, 0.15) is 11.3 Å². The van der Waals surface area contributed by atoms with Gasteiger partial charge in [0.25, 0.3) is 11.8 Å². The molecule has 1 atom stereocenters. The zero-order valence-electron chi connectivity index (χ0n) is 15.8. The van der Waals surface area contributed by atoms with E-state index in [9.17, 15) is 14.4 Å². The first-order valence-electron chi connectivity index (χ1n) is 9.35. The van der Waals surface area contributed by atoms with Crippen LogP contribution in [0.1, 0.15) is 33.5 Å². The number of carbonyl (C=O) groups excluding carboxylic acids is 2. The fourth-order valence-electron chi connectivity index (χ4n) is 3.32. The zero-order chi connectivity index (χ0) is 20.4. The normalized spacial score (nSPS) is 15.6. The molecule has 150 valence electrons. The Kier molecular flexibility index (Phi) is 5.35. The van der Waals surface area contributed by atoms with Gasteiger partial charge in [-0.1, -0.05) is 6.92 Å². The Balaban J connectivity index is 1.30. The molecule has 2 N–H and O–H groups in total. The molecule has 1 unspecified atom stereocenters. The largest absolute Gasteiger partial charge is 0.484 e. The van der Waals surface area contributed by atoms with Gasteiger partial charge in [-0.25, -0.2) is 4.79 Å². The number of fused-ring (bicyclic) bond motifs is 2. The summed E-state index contributed by atoms with van der Waals surface area (Å²) in [4.78, 5) is 37.4. The van der Waals surface area contributed by atoms with Crippen LogP contribution in [0.4, 0.5) is 0 Å². The third kappa shape index (κ3) is 4.48. The monoisotopic (exact) mass is 412 g/mol. The first kappa shape index (κ1) is 19.2. The molecular weight excluding hydrogens is 392 g/mol. The number of nitrogens with one attached hydrogen (secondary N) is 2. The highest BCUT2D eigenvalue weighted by Gasteiger charge is 2.20. The Morgan fingerprint density at radius 3 is 2.90 bits per heavy atom. The Bertz CT molecular complexity index is 1130. The van der Waals surface area contributed by atoms with Gasteiger partial charge in [-0.05, 0) is 55.0 Å². The first-order chi connectivity index (χ1) is 14.0. The standard InChI is InChI=1S/C21H20N2O5S/c1-12-2-6-17-14(8-12)9-18(29-17)21(26)23-22-19(24)11-27-15-5-3-13-4-7-20(25)28-16(13)10-15/h3-5,7,9-10,12H,2,6,8,11H2,1H3,(H,22,24)(H,23,26). The summed E-state index contributed by atoms with van der Waals surface area (Å²) in [5.41, 5.74) is 5.93. The number of ether oxygens (including phenoxy) is 1. The molecule has 0 aliphatic heterocycles. The van der Waals surface area contributed by atoms with Crippen molar-refractivity contribution in [2.24, 2.45) is 5.92 Å². The SMILES string of the molecule is CC1CCc2sc(C(=O)NNC(=O)COc3ccc4ccc(=O)oc4c3)cc2C1. The summed E-state index contributed by atoms with van der Waals surface area (Å²) in [6, 6.07) is 9.84. The maximum absolute atomic E-state index is 12.3. The van der Waals surface area contributed by atoms with Gasteiger partial charge < -0.3 is 9.15 Å². The lowest BCUT2D eigenvalue weighted by Gasteiger charge is -2.16. The highest BCUT2D eigenvalue weighted by molar-refractivity contribution is 7.14. The summed E-state index contributed by atoms with van der Waals surface area (Å²) < 4.78 is 10.5. The Morgan fingerprint density at radius 1 is 1.21 bits per heavy atom. The molecule has 0 saturated carbocycles. The number of hydrogen-bond donors (Lipinski definition) is 2. The summed E-state index contributed by atoms with van der Waals surface area (Å²) in [6.07, 6.45) is 3.13. The molecular formula is C21H20N2O5S. The summed E-state index contributed by atoms with van der Waals surface area (Å²) in [6.45, 7) is 1.92. The van der Waals surface area contributed by atoms with E-state index in [-0.39, 0.29) is 12.5 Å². The minimum Gasteiger partial charge on any atom is -0.484 e. The van der Waals surface area contributed by atoms with Crippen LogP contribution in [-0.4, -0.2) is 18.4 Å². The number of amides is 2. The summed E-state index contributed by atoms with van der Waals surface area (Å²) in [7, 11) is 0. The maximum Gasteiger partial charge on any atom is 0.336 e. The first-order valence-corrected chi connectivity index (χ1v) is 10.2. The molecule has 2 aromatic heterocycles. The molecule has 0 spiro atoms. The van der Waals surface area contributed by atoms with Crippen LogP contribution >= 0.6 is 11.3 Å². The molecule has 8 heteroatoms. The van der Waals surface area contributed by atoms with Crippen molar-refractivity contribution in [3.8, 4) is 5.75 Å². The molecule has 3 aromatic rings. The van der Waals surface area contributed by atoms with Gasteiger partial charge >= 0.3 is 5.63 Å². The highest BCUT2D eigenvalue weighted by Crippen LogP contribution is 2.32. The second-order valence-corrected chi connectivity index (χ2v) is 8.29. The molecule has 7 nitrogen and oxygen atoms in total. The van der Waals surface area contributed by atoms with Crippen LogP contribution < -0.4 is 21.2 Å². The van der Waals surface area contributed by atoms with Gasteiger partial charge in [-0.3, -0.25) is 20.4 Å². The van der Waals surface area contributed by atoms with E-state index in [1.807, 2.05) is 6.07 Å². The van der Waals surface area contributed by atoms with Crippen molar-refractivity contribution >= 4 is 34.1 Å². The minimum atomic E-state index is -0.497. The van der Waals surface area contributed by atoms with E-state index in [1.54, 1.807) is 24.3 Å². The Labute approximate surface area is 170 Å². The molecule has 0 saturated heterocycles. The molecule has 2 amide bonds. The van der Waals surface area contributed by atoms with Crippen LogP contribution in [0.5, 0.6) is 5.75 Å². The second kappa shape index (κ2) is 8.08. The molecule has 1 aliphatic carbocycles. The minimum absolute atomic E-state index is 0.290. The van der Waals surface area contributed by atoms with Crippen molar-refractivity contribution in [1.82, 2.24) is 10.9 Å². The van der Waals surface area contributed by atoms with E-state index in [4.69, 9.17) is 9.15 Å². The van der Waals surface area contributed by atoms with E-state index >= 15 is 0 Å². The lowest BCUT2D eigenvalue weighted by molar-refractivity contribution is -0.123. The smallest absolute Gasteiger partial charge is 0.336 e. The van der Waals surface area contributed by atoms with Crippen LogP contribution in [0.2, 0.25) is 0 Å². The van der Waals surface area contributed by atoms with Crippen LogP contribution in [0.15, 0.2) is 45.6 Å². The lowest BCUT2D eigenvalue weighted by atomic mass is 9.90. The zero-order valence-corrected chi connectivity index (χ0v) is 16.6. The predicted molar refractivity (Wildman–Crippen MR) is 109 cm³/mol. The molecule has 1 aliphatic rings. The van der Waals surface area contributed by atoms with Gasteiger partial charge in [-0.2, -0.15) is 0 Å². The molecule has 29 heavy (non-hydrogen) atoms. The van der Waals surface area contributed by atoms with Crippen LogP contribution in [0, 0.1) is 5.92 Å². The van der Waals surface area contributed by atoms with Crippen molar-refractivity contribution in [2.45, 2.75) is 26.2 Å². The van der Waals surface area contributed by atoms with Gasteiger partial charge in [0.15, 0.2) is 6.61 Å². The fraction of sp³-hybridized carbons (Fsp3) is 0.286. The van der Waals surface area contributed by atoms with Crippen molar-refractivity contribution in [2.75, 3.05) is 6.61 Å². The molecule has 4 rings (SSSR count). The van der Waals surface area contributed by atoms with Gasteiger partial charge in [-0.15, -0.1) is 11.3 Å². The van der Waals surface area contributed by atoms with Crippen LogP contribution in [0.25, 0.3) is 11.0 Å². The van der Waals surface area contributed by atoms with Gasteiger partial charge in [0.2, 0.25) is 0 Å². The Hall–Kier alpha value is -3.13. The van der Waals surface area contributed by atoms with Gasteiger partial charge in [0, 0.05) is 22.4 Å². The number of hydrogen-bond acceptors (Lipinski definition) is 6. The quantitative estimate of drug-likeness (QED) is 0.507. The number of aryl methyl sites for hydroxylation is 1. The second-order valence-electron chi connectivity index (χ2n) is 7.15. The maximum atomic E-state index is 12.3. The summed E-state index contributed by atoms with van der Waals surface area (Å²) >= 11 is 1.48. The van der Waals surface area contributed by atoms with Crippen molar-refractivity contribution in [3.63, 3.8) is 0 Å². The van der Waals surface area contributed by atoms with Crippen LogP contribution in [0.3, 0.4) is 0 Å². The summed E-state index contributed by atoms with van der Waals surface area (Å²) in [5.74, 6) is 0.183. The average Bonchev–Trinajstić information content (AvgIpc) is 3.13. The average molecular weight is 412 g/mol. The van der Waals surface area contributed by atoms with E-state index in [0.29, 0.717) is 22.1 Å². The number of rotatable bonds is 4. The van der Waals surface area contributed by atoms with E-state index in [2.05, 4.69) is 17.8 Å². The third-order valence-electron chi connectivity index (χ3n) is 4.83. The third-order valence-corrected chi connectivity index (χ3v) is 6.07. The Morgan fingerprint density at radius 2 is 2.03 bits per heavy atom. The molecule has 2 heterocycles. The molecule has 0 radical (unpaired) electrons. The van der Waals surface area contributed by atoms with Crippen molar-refractivity contribution in [3.05, 3.63) is 62.1 Å². The van der Waals surface area contributed by atoms with E-state index in [0.717, 1.165) is 24.6 Å². The highest BCUT2D eigenvalue weighted by atomic mass is 32.1. The molecule has 0 bridgehead atoms. The molecule has 1 aromatic carbocycles. The fourth-order valence-corrected chi connectivity index (χ4v) is 4.43. The predicted octanol–water partition coefficient (Wildman–Crippen LogP) is 2.82. The van der Waals surface area contributed by atoms with Gasteiger partial charge in [0.05, 0.1) is 4.88 Å². The number of hydrazine groups is 1. The number of benzene rings is 1. The molecule has 0 fully saturated rings. The topological polar surface area (TPSA) is 97.6 Å². The van der Waals surface area contributed by atoms with E-state index in [1.165, 1.54) is 27.8 Å². The van der Waals surface area contributed by atoms with Crippen molar-refractivity contribution in [1.29, 1.82) is 0 Å². The van der Waals surface area contributed by atoms with Crippen molar-refractivity contribution < 1.29 is 18.7 Å².